The fraction of sp³-hybridized carbons (Fsp3) is 0.753. The van der Waals surface area contributed by atoms with E-state index in [4.69, 9.17) is 34.4 Å². The Labute approximate surface area is 696 Å². The summed E-state index contributed by atoms with van der Waals surface area (Å²) in [5.74, 6) is -23.3. The van der Waals surface area contributed by atoms with Crippen molar-refractivity contribution < 1.29 is 102 Å². The van der Waals surface area contributed by atoms with Gasteiger partial charge in [-0.3, -0.25) is 86.5 Å². The normalized spacial score (nSPS) is 16.3. The summed E-state index contributed by atoms with van der Waals surface area (Å²) in [7, 11) is 0. The summed E-state index contributed by atoms with van der Waals surface area (Å²) in [6.07, 6.45) is -0.510. The van der Waals surface area contributed by atoms with Crippen LogP contribution in [0.2, 0.25) is 0 Å². The number of nitrogens with one attached hydrogen (secondary N) is 14. The molecule has 0 aliphatic rings. The summed E-state index contributed by atoms with van der Waals surface area (Å²) in [5.41, 5.74) is 33.7. The van der Waals surface area contributed by atoms with Crippen molar-refractivity contribution in [3.8, 4) is 0 Å². The third-order valence-corrected chi connectivity index (χ3v) is 20.7. The number of carbonyl (C=O) groups is 18. The molecule has 0 aromatic heterocycles. The Morgan fingerprint density at radius 2 is 0.588 bits per heavy atom. The standard InChI is InChI=1S/C77H139N21O21/c1-17-39(10)57(95-68(110)50(35-52(81)99)90-64(106)46(80)27-26-34-84-77(82)83)71(113)86-44(15)62(104)87-49(30-31-53(100)101)67(109)94-60(42(13)20-4)74(116)97-58(40(11)18-2)72(114)88-47(28-22-24-32-78)65(107)91-51(36-54(102)103)69(111)96-61(43(14)21-5)75(117)98-59(41(12)19-3)73(115)89-48(29-23-25-33-79)66(108)92-55(37(6)7)70(112)85-45(16)63(105)93-56(38(8)9)76(118)119/h37-51,55-61H,17-36,78-80H2,1-16H3,(H2,81,99)(H,85,112)(H,86,113)(H,87,104)(H,88,114)(H,89,115)(H,90,106)(H,91,107)(H,92,108)(H,93,105)(H,94,109)(H,95,110)(H,96,111)(H,97,116)(H,98,117)(H,100,101)(H,102,103)(H,118,119)(H4,82,83,84)/t39-,40-,41-,42-,43-,44-,45-,46-,47-,48-,49-,50-,51-,55-,56-,57-,58-,59-,60-,61-/m0/s1. The Bertz CT molecular complexity index is 3420. The van der Waals surface area contributed by atoms with Crippen molar-refractivity contribution in [1.82, 2.24) is 74.4 Å². The highest BCUT2D eigenvalue weighted by molar-refractivity contribution is 6.01. The largest absolute Gasteiger partial charge is 0.481 e. The van der Waals surface area contributed by atoms with Crippen LogP contribution in [0.25, 0.3) is 0 Å². The van der Waals surface area contributed by atoms with Gasteiger partial charge >= 0.3 is 17.9 Å². The lowest BCUT2D eigenvalue weighted by atomic mass is 9.94. The molecule has 0 aromatic carbocycles. The fourth-order valence-electron chi connectivity index (χ4n) is 12.0. The second-order valence-corrected chi connectivity index (χ2v) is 31.2. The van der Waals surface area contributed by atoms with Crippen LogP contribution in [-0.2, 0) is 86.3 Å². The molecule has 42 heteroatoms. The van der Waals surface area contributed by atoms with E-state index in [-0.39, 0.29) is 89.8 Å². The molecule has 0 radical (unpaired) electrons. The molecule has 0 heterocycles. The summed E-state index contributed by atoms with van der Waals surface area (Å²) >= 11 is 0. The Balaban J connectivity index is 7.15. The van der Waals surface area contributed by atoms with Gasteiger partial charge in [0.15, 0.2) is 5.96 Å². The quantitative estimate of drug-likeness (QED) is 0.0158. The first-order chi connectivity index (χ1) is 55.6. The lowest BCUT2D eigenvalue weighted by Gasteiger charge is -2.32. The van der Waals surface area contributed by atoms with E-state index in [1.54, 1.807) is 96.9 Å². The van der Waals surface area contributed by atoms with Gasteiger partial charge < -0.3 is 124 Å². The number of nitrogens with two attached hydrogens (primary N) is 6. The first kappa shape index (κ1) is 109. The number of carboxylic acids is 3. The van der Waals surface area contributed by atoms with Crippen molar-refractivity contribution in [3.05, 3.63) is 0 Å². The number of hydrogen-bond acceptors (Lipinski definition) is 22. The molecular weight excluding hydrogens is 1550 g/mol. The van der Waals surface area contributed by atoms with E-state index < -0.39 is 264 Å². The smallest absolute Gasteiger partial charge is 0.326 e. The van der Waals surface area contributed by atoms with Gasteiger partial charge in [-0.15, -0.1) is 0 Å². The van der Waals surface area contributed by atoms with Crippen LogP contribution < -0.4 is 109 Å². The number of primary amides is 1. The van der Waals surface area contributed by atoms with Gasteiger partial charge in [0.05, 0.1) is 18.9 Å². The highest BCUT2D eigenvalue weighted by Gasteiger charge is 2.42. The number of carboxylic acid groups (broad SMARTS) is 3. The van der Waals surface area contributed by atoms with Crippen molar-refractivity contribution in [2.75, 3.05) is 19.6 Å². The van der Waals surface area contributed by atoms with Gasteiger partial charge in [0.1, 0.15) is 84.6 Å². The predicted molar refractivity (Wildman–Crippen MR) is 440 cm³/mol. The Morgan fingerprint density at radius 3 is 0.924 bits per heavy atom. The highest BCUT2D eigenvalue weighted by Crippen LogP contribution is 2.19. The molecule has 0 aromatic rings. The number of guanidine groups is 1. The van der Waals surface area contributed by atoms with E-state index in [0.29, 0.717) is 19.3 Å². The SMILES string of the molecule is CC[C@H](C)[C@H](NC(=O)[C@H](CC(N)=O)NC(=O)[C@@H](N)CCCN=C(N)N)C(=O)N[C@@H](C)C(=O)N[C@@H](CCC(=O)O)C(=O)N[C@H](C(=O)N[C@H](C(=O)N[C@@H](CCCCN)C(=O)N[C@@H](CC(=O)O)C(=O)N[C@H](C(=O)N[C@H](C(=O)N[C@@H](CCCCN)C(=O)N[C@H](C(=O)N[C@@H](C)C(=O)N[C@H](C(=O)O)C(C)C)C(C)C)[C@@H](C)CC)[C@@H](C)CC)[C@@H](C)CC)[C@@H](C)CC. The Kier molecular flexibility index (Phi) is 51.2. The van der Waals surface area contributed by atoms with E-state index in [1.165, 1.54) is 13.8 Å². The molecular formula is C77H139N21O21. The second kappa shape index (κ2) is 56.1. The first-order valence-corrected chi connectivity index (χ1v) is 41.0. The lowest BCUT2D eigenvalue weighted by Crippen LogP contribution is -2.63. The maximum Gasteiger partial charge on any atom is 0.326 e. The van der Waals surface area contributed by atoms with Crippen LogP contribution in [0.15, 0.2) is 4.99 Å². The van der Waals surface area contributed by atoms with Crippen molar-refractivity contribution >= 4 is 112 Å². The average Bonchev–Trinajstić information content (AvgIpc) is 0.844. The molecule has 0 bridgehead atoms. The molecule has 20 atom stereocenters. The van der Waals surface area contributed by atoms with Crippen LogP contribution in [0.3, 0.4) is 0 Å². The van der Waals surface area contributed by atoms with E-state index in [0.717, 1.165) is 0 Å². The molecule has 0 fully saturated rings. The van der Waals surface area contributed by atoms with E-state index in [1.807, 2.05) is 0 Å². The van der Waals surface area contributed by atoms with Gasteiger partial charge in [0.2, 0.25) is 88.6 Å². The maximum atomic E-state index is 14.7. The van der Waals surface area contributed by atoms with Crippen molar-refractivity contribution in [2.24, 2.45) is 80.8 Å². The van der Waals surface area contributed by atoms with Gasteiger partial charge in [-0.05, 0) is 126 Å². The number of rotatable bonds is 60. The third-order valence-electron chi connectivity index (χ3n) is 20.7. The van der Waals surface area contributed by atoms with Crippen LogP contribution >= 0.6 is 0 Å². The summed E-state index contributed by atoms with van der Waals surface area (Å²) in [6, 6.07) is -22.0. The van der Waals surface area contributed by atoms with Crippen LogP contribution in [-0.4, -0.2) is 238 Å². The molecule has 0 saturated heterocycles. The zero-order chi connectivity index (χ0) is 91.4. The molecule has 119 heavy (non-hydrogen) atoms. The molecule has 678 valence electrons. The van der Waals surface area contributed by atoms with Gasteiger partial charge in [0, 0.05) is 13.0 Å². The number of unbranched alkanes of at least 4 members (excludes halogenated alkanes) is 2. The number of amides is 15. The highest BCUT2D eigenvalue weighted by atomic mass is 16.4. The number of hydrogen-bond donors (Lipinski definition) is 23. The molecule has 0 saturated carbocycles. The fourth-order valence-corrected chi connectivity index (χ4v) is 12.0. The molecule has 0 unspecified atom stereocenters. The maximum absolute atomic E-state index is 14.7. The average molecular weight is 1700 g/mol. The molecule has 0 aliphatic carbocycles. The van der Waals surface area contributed by atoms with Crippen LogP contribution in [0.4, 0.5) is 0 Å². The van der Waals surface area contributed by atoms with Gasteiger partial charge in [-0.25, -0.2) is 4.79 Å². The van der Waals surface area contributed by atoms with E-state index in [9.17, 15) is 102 Å². The molecule has 0 aliphatic heterocycles. The summed E-state index contributed by atoms with van der Waals surface area (Å²) in [4.78, 5) is 250. The Hall–Kier alpha value is -10.4. The topological polar surface area (TPSA) is 705 Å². The van der Waals surface area contributed by atoms with E-state index >= 15 is 0 Å². The summed E-state index contributed by atoms with van der Waals surface area (Å²) in [5, 5.41) is 65.1. The zero-order valence-electron chi connectivity index (χ0n) is 71.9. The molecule has 0 spiro atoms. The number of carbonyl (C=O) groups excluding carboxylic acids is 15. The number of aliphatic imine (C=N–C) groups is 1. The Morgan fingerprint density at radius 1 is 0.303 bits per heavy atom. The van der Waals surface area contributed by atoms with Crippen LogP contribution in [0.5, 0.6) is 0 Å². The van der Waals surface area contributed by atoms with Gasteiger partial charge in [-0.1, -0.05) is 129 Å². The minimum atomic E-state index is -1.94. The number of nitrogens with zero attached hydrogens (tertiary/aromatic N) is 1. The monoisotopic (exact) mass is 1690 g/mol. The van der Waals surface area contributed by atoms with Crippen LogP contribution in [0.1, 0.15) is 220 Å². The predicted octanol–water partition coefficient (Wildman–Crippen LogP) is -3.71. The minimum Gasteiger partial charge on any atom is -0.481 e. The first-order valence-electron chi connectivity index (χ1n) is 41.0. The molecule has 15 amide bonds. The zero-order valence-corrected chi connectivity index (χ0v) is 71.9. The van der Waals surface area contributed by atoms with Crippen molar-refractivity contribution in [2.45, 2.75) is 311 Å². The van der Waals surface area contributed by atoms with Crippen LogP contribution in [0, 0.1) is 41.4 Å². The molecule has 42 nitrogen and oxygen atoms in total. The molecule has 0 rings (SSSR count). The third kappa shape index (κ3) is 39.8. The lowest BCUT2D eigenvalue weighted by molar-refractivity contribution is -0.143. The summed E-state index contributed by atoms with van der Waals surface area (Å²) < 4.78 is 0. The summed E-state index contributed by atoms with van der Waals surface area (Å²) in [6.45, 7) is 25.9. The van der Waals surface area contributed by atoms with Crippen molar-refractivity contribution in [1.29, 1.82) is 0 Å². The second-order valence-electron chi connectivity index (χ2n) is 31.2. The van der Waals surface area contributed by atoms with Crippen molar-refractivity contribution in [3.63, 3.8) is 0 Å². The van der Waals surface area contributed by atoms with Gasteiger partial charge in [0.25, 0.3) is 0 Å². The number of aliphatic carboxylic acids is 3. The van der Waals surface area contributed by atoms with Gasteiger partial charge in [-0.2, -0.15) is 0 Å². The van der Waals surface area contributed by atoms with E-state index in [2.05, 4.69) is 79.4 Å². The molecule has 29 N–H and O–H groups in total. The minimum absolute atomic E-state index is 0.000547.